The van der Waals surface area contributed by atoms with Crippen LogP contribution in [0.2, 0.25) is 0 Å². The number of fused-ring (bicyclic) bond motifs is 1. The summed E-state index contributed by atoms with van der Waals surface area (Å²) < 4.78 is 6.54. The van der Waals surface area contributed by atoms with Crippen molar-refractivity contribution in [2.24, 2.45) is 10.7 Å². The number of benzene rings is 2. The maximum Gasteiger partial charge on any atom is 0.229 e. The number of aliphatic imine (C=N–C) groups is 1. The van der Waals surface area contributed by atoms with Gasteiger partial charge in [-0.15, -0.1) is 0 Å². The Morgan fingerprint density at radius 3 is 2.51 bits per heavy atom. The standard InChI is InChI=1S/C30H38BrN10OP/c1-33-17-19(16-32)20-14-24(26(42-5)15-25(20)41(4)13-12-40(2)3)38-30-36-18-21(31)29(39-30)37-23-9-8-22-27(28(23)43(6)7)35-11-10-34-22/h8-11,14-18H,12-13,32H2,1-7H3,(H2,36,37,38,39). The number of hydrogen-bond acceptors (Lipinski definition) is 11. The first kappa shape index (κ1) is 32.1. The van der Waals surface area contributed by atoms with Gasteiger partial charge < -0.3 is 30.9 Å². The largest absolute Gasteiger partial charge is 0.494 e. The zero-order valence-electron chi connectivity index (χ0n) is 25.6. The Morgan fingerprint density at radius 1 is 1.07 bits per heavy atom. The minimum atomic E-state index is -0.495. The Bertz CT molecular complexity index is 1640. The van der Waals surface area contributed by atoms with Crippen molar-refractivity contribution in [2.45, 2.75) is 0 Å². The Kier molecular flexibility index (Phi) is 10.8. The number of aromatic nitrogens is 4. The van der Waals surface area contributed by atoms with E-state index >= 15 is 0 Å². The Balaban J connectivity index is 1.74. The second-order valence-electron chi connectivity index (χ2n) is 10.2. The highest BCUT2D eigenvalue weighted by atomic mass is 79.9. The molecular formula is C30H38BrN10OP. The maximum absolute atomic E-state index is 6.06. The summed E-state index contributed by atoms with van der Waals surface area (Å²) >= 11 is 3.61. The molecule has 0 saturated heterocycles. The molecule has 2 heterocycles. The van der Waals surface area contributed by atoms with Gasteiger partial charge in [0.2, 0.25) is 5.95 Å². The van der Waals surface area contributed by atoms with E-state index < -0.39 is 7.92 Å². The average molecular weight is 666 g/mol. The highest BCUT2D eigenvalue weighted by molar-refractivity contribution is 9.10. The van der Waals surface area contributed by atoms with Crippen LogP contribution < -0.4 is 31.3 Å². The molecule has 11 nitrogen and oxygen atoms in total. The van der Waals surface area contributed by atoms with E-state index in [4.69, 9.17) is 15.5 Å². The van der Waals surface area contributed by atoms with Gasteiger partial charge in [0.1, 0.15) is 11.6 Å². The van der Waals surface area contributed by atoms with Crippen LogP contribution in [0.5, 0.6) is 5.75 Å². The van der Waals surface area contributed by atoms with Crippen molar-refractivity contribution in [3.63, 3.8) is 0 Å². The molecule has 0 unspecified atom stereocenters. The summed E-state index contributed by atoms with van der Waals surface area (Å²) in [6.45, 7) is 6.09. The molecule has 0 atom stereocenters. The van der Waals surface area contributed by atoms with Crippen molar-refractivity contribution in [3.8, 4) is 5.75 Å². The lowest BCUT2D eigenvalue weighted by molar-refractivity contribution is 0.413. The molecule has 0 fully saturated rings. The molecule has 4 N–H and O–H groups in total. The first-order chi connectivity index (χ1) is 20.7. The van der Waals surface area contributed by atoms with E-state index in [1.807, 2.05) is 31.3 Å². The zero-order chi connectivity index (χ0) is 31.1. The van der Waals surface area contributed by atoms with E-state index in [0.717, 1.165) is 56.4 Å². The highest BCUT2D eigenvalue weighted by Crippen LogP contribution is 2.38. The molecule has 4 aromatic rings. The maximum atomic E-state index is 6.06. The minimum absolute atomic E-state index is 0.392. The summed E-state index contributed by atoms with van der Waals surface area (Å²) in [4.78, 5) is 27.0. The summed E-state index contributed by atoms with van der Waals surface area (Å²) in [7, 11) is 9.02. The van der Waals surface area contributed by atoms with Crippen LogP contribution in [0.1, 0.15) is 5.56 Å². The Hall–Kier alpha value is -3.86. The molecule has 0 aliphatic rings. The van der Waals surface area contributed by atoms with Crippen LogP contribution in [0.4, 0.5) is 28.8 Å². The normalized spacial score (nSPS) is 12.0. The second-order valence-corrected chi connectivity index (χ2v) is 13.3. The SMILES string of the molecule is CN=CC(=CN)c1cc(Nc2ncc(Br)c(Nc3ccc4nccnc4c3P(C)C)n2)c(OC)cc1N(C)CCN(C)C. The number of methoxy groups -OCH3 is 1. The van der Waals surface area contributed by atoms with Crippen LogP contribution >= 0.6 is 23.9 Å². The Morgan fingerprint density at radius 2 is 1.84 bits per heavy atom. The van der Waals surface area contributed by atoms with E-state index in [-0.39, 0.29) is 0 Å². The van der Waals surface area contributed by atoms with Crippen LogP contribution in [-0.4, -0.2) is 92.8 Å². The van der Waals surface area contributed by atoms with Crippen molar-refractivity contribution < 1.29 is 4.74 Å². The van der Waals surface area contributed by atoms with E-state index in [9.17, 15) is 0 Å². The number of ether oxygens (including phenoxy) is 1. The van der Waals surface area contributed by atoms with Crippen LogP contribution in [-0.2, 0) is 0 Å². The van der Waals surface area contributed by atoms with Gasteiger partial charge in [0.15, 0.2) is 0 Å². The number of nitrogens with one attached hydrogen (secondary N) is 2. The molecule has 0 spiro atoms. The van der Waals surface area contributed by atoms with Crippen molar-refractivity contribution >= 4 is 80.8 Å². The smallest absolute Gasteiger partial charge is 0.229 e. The van der Waals surface area contributed by atoms with Crippen molar-refractivity contribution in [1.29, 1.82) is 0 Å². The number of nitrogens with zero attached hydrogens (tertiary/aromatic N) is 7. The molecule has 0 aliphatic heterocycles. The third kappa shape index (κ3) is 7.57. The molecule has 0 radical (unpaired) electrons. The molecular weight excluding hydrogens is 627 g/mol. The third-order valence-electron chi connectivity index (χ3n) is 6.68. The predicted molar refractivity (Wildman–Crippen MR) is 186 cm³/mol. The van der Waals surface area contributed by atoms with Gasteiger partial charge in [-0.25, -0.2) is 4.98 Å². The molecule has 0 bridgehead atoms. The molecule has 0 saturated carbocycles. The lowest BCUT2D eigenvalue weighted by atomic mass is 10.0. The first-order valence-corrected chi connectivity index (χ1v) is 16.6. The summed E-state index contributed by atoms with van der Waals surface area (Å²) in [5.41, 5.74) is 12.1. The fourth-order valence-electron chi connectivity index (χ4n) is 4.53. The van der Waals surface area contributed by atoms with Gasteiger partial charge in [-0.05, 0) is 61.6 Å². The number of halogens is 1. The van der Waals surface area contributed by atoms with Crippen LogP contribution in [0.3, 0.4) is 0 Å². The topological polar surface area (TPSA) is 130 Å². The lowest BCUT2D eigenvalue weighted by Crippen LogP contribution is -2.29. The van der Waals surface area contributed by atoms with Gasteiger partial charge in [-0.2, -0.15) is 4.98 Å². The quantitative estimate of drug-likeness (QED) is 0.140. The fraction of sp³-hybridized carbons (Fsp3) is 0.300. The van der Waals surface area contributed by atoms with E-state index in [1.54, 1.807) is 45.2 Å². The van der Waals surface area contributed by atoms with Crippen molar-refractivity contribution in [3.05, 3.63) is 59.1 Å². The Labute approximate surface area is 262 Å². The number of likely N-dealkylation sites (N-methyl/N-ethyl adjacent to an activating group) is 2. The van der Waals surface area contributed by atoms with Crippen molar-refractivity contribution in [1.82, 2.24) is 24.8 Å². The van der Waals surface area contributed by atoms with E-state index in [0.29, 0.717) is 23.2 Å². The number of allylic oxidation sites excluding steroid dienone is 1. The molecule has 4 rings (SSSR count). The predicted octanol–water partition coefficient (Wildman–Crippen LogP) is 5.04. The van der Waals surface area contributed by atoms with Crippen LogP contribution in [0.15, 0.2) is 58.5 Å². The monoisotopic (exact) mass is 664 g/mol. The minimum Gasteiger partial charge on any atom is -0.494 e. The van der Waals surface area contributed by atoms with Gasteiger partial charge in [-0.3, -0.25) is 15.0 Å². The molecule has 2 aromatic carbocycles. The highest BCUT2D eigenvalue weighted by Gasteiger charge is 2.19. The van der Waals surface area contributed by atoms with Crippen LogP contribution in [0.25, 0.3) is 16.6 Å². The summed E-state index contributed by atoms with van der Waals surface area (Å²) in [6, 6.07) is 7.96. The average Bonchev–Trinajstić information content (AvgIpc) is 2.99. The van der Waals surface area contributed by atoms with Gasteiger partial charge in [0.25, 0.3) is 0 Å². The van der Waals surface area contributed by atoms with E-state index in [1.165, 1.54) is 0 Å². The lowest BCUT2D eigenvalue weighted by Gasteiger charge is -2.26. The molecule has 13 heteroatoms. The van der Waals surface area contributed by atoms with Gasteiger partial charge in [0, 0.05) is 92.1 Å². The summed E-state index contributed by atoms with van der Waals surface area (Å²) in [5.74, 6) is 1.64. The number of nitrogens with two attached hydrogens (primary N) is 1. The molecule has 43 heavy (non-hydrogen) atoms. The van der Waals surface area contributed by atoms with E-state index in [2.05, 4.69) is 83.7 Å². The first-order valence-electron chi connectivity index (χ1n) is 13.6. The van der Waals surface area contributed by atoms with Crippen molar-refractivity contribution in [2.75, 3.05) is 77.3 Å². The molecule has 226 valence electrons. The zero-order valence-corrected chi connectivity index (χ0v) is 28.0. The van der Waals surface area contributed by atoms with Crippen LogP contribution in [0, 0.1) is 0 Å². The summed E-state index contributed by atoms with van der Waals surface area (Å²) in [6.07, 6.45) is 8.45. The van der Waals surface area contributed by atoms with Gasteiger partial charge >= 0.3 is 0 Å². The number of anilines is 5. The number of rotatable bonds is 12. The second kappa shape index (κ2) is 14.5. The fourth-order valence-corrected chi connectivity index (χ4v) is 6.03. The molecule has 0 aliphatic carbocycles. The van der Waals surface area contributed by atoms with Gasteiger partial charge in [-0.1, -0.05) is 7.92 Å². The summed E-state index contributed by atoms with van der Waals surface area (Å²) in [5, 5.41) is 7.98. The van der Waals surface area contributed by atoms with Gasteiger partial charge in [0.05, 0.1) is 28.3 Å². The molecule has 0 amide bonds. The number of hydrogen-bond donors (Lipinski definition) is 3. The molecule has 2 aromatic heterocycles. The third-order valence-corrected chi connectivity index (χ3v) is 8.60.